The summed E-state index contributed by atoms with van der Waals surface area (Å²) >= 11 is 2.14. The van der Waals surface area contributed by atoms with Crippen molar-refractivity contribution in [2.75, 3.05) is 13.7 Å². The highest BCUT2D eigenvalue weighted by atomic mass is 127. The van der Waals surface area contributed by atoms with Gasteiger partial charge in [-0.1, -0.05) is 12.1 Å². The van der Waals surface area contributed by atoms with E-state index in [0.717, 1.165) is 9.13 Å². The zero-order chi connectivity index (χ0) is 22.1. The number of methoxy groups -OCH3 is 1. The Morgan fingerprint density at radius 3 is 2.67 bits per heavy atom. The van der Waals surface area contributed by atoms with Crippen molar-refractivity contribution in [2.24, 2.45) is 5.10 Å². The fraction of sp³-hybridized carbons (Fsp3) is 0.286. The molecule has 9 heteroatoms. The maximum absolute atomic E-state index is 13.5. The molecule has 0 aromatic heterocycles. The first-order chi connectivity index (χ1) is 14.3. The van der Waals surface area contributed by atoms with Gasteiger partial charge in [-0.15, -0.1) is 0 Å². The maximum Gasteiger partial charge on any atom is 0.254 e. The molecule has 0 bridgehead atoms. The smallest absolute Gasteiger partial charge is 0.254 e. The molecule has 7 nitrogen and oxygen atoms in total. The van der Waals surface area contributed by atoms with Crippen molar-refractivity contribution >= 4 is 40.6 Å². The molecule has 0 radical (unpaired) electrons. The van der Waals surface area contributed by atoms with Crippen LogP contribution >= 0.6 is 22.6 Å². The molecule has 0 atom stereocenters. The standard InChI is InChI=1S/C21H23FIN3O4/c1-13(2)30-20-17(23)10-14(11-18(20)29-3)12-25-26-19(27)8-9-24-21(28)15-6-4-5-7-16(15)22/h4-7,10-13H,8-9H2,1-3H3,(H,24,28)(H,26,27). The lowest BCUT2D eigenvalue weighted by molar-refractivity contribution is -0.120. The van der Waals surface area contributed by atoms with Crippen LogP contribution in [0.25, 0.3) is 0 Å². The van der Waals surface area contributed by atoms with Gasteiger partial charge in [0.25, 0.3) is 5.91 Å². The molecule has 0 aliphatic heterocycles. The molecule has 0 spiro atoms. The summed E-state index contributed by atoms with van der Waals surface area (Å²) in [4.78, 5) is 23.8. The molecule has 2 amide bonds. The van der Waals surface area contributed by atoms with Gasteiger partial charge < -0.3 is 14.8 Å². The minimum absolute atomic E-state index is 0.000442. The third kappa shape index (κ3) is 6.97. The van der Waals surface area contributed by atoms with E-state index >= 15 is 0 Å². The zero-order valence-corrected chi connectivity index (χ0v) is 19.0. The third-order valence-corrected chi connectivity index (χ3v) is 4.57. The van der Waals surface area contributed by atoms with Crippen LogP contribution in [-0.4, -0.2) is 37.8 Å². The molecule has 0 unspecified atom stereocenters. The molecule has 30 heavy (non-hydrogen) atoms. The van der Waals surface area contributed by atoms with Gasteiger partial charge in [0.2, 0.25) is 5.91 Å². The van der Waals surface area contributed by atoms with E-state index in [-0.39, 0.29) is 30.5 Å². The van der Waals surface area contributed by atoms with Gasteiger partial charge >= 0.3 is 0 Å². The maximum atomic E-state index is 13.5. The van der Waals surface area contributed by atoms with E-state index in [4.69, 9.17) is 9.47 Å². The summed E-state index contributed by atoms with van der Waals surface area (Å²) in [5.74, 6) is -0.352. The lowest BCUT2D eigenvalue weighted by Gasteiger charge is -2.15. The van der Waals surface area contributed by atoms with E-state index in [0.29, 0.717) is 11.5 Å². The number of carbonyl (C=O) groups excluding carboxylic acids is 2. The Hall–Kier alpha value is -2.69. The zero-order valence-electron chi connectivity index (χ0n) is 16.9. The molecule has 0 saturated carbocycles. The van der Waals surface area contributed by atoms with Crippen LogP contribution in [-0.2, 0) is 4.79 Å². The summed E-state index contributed by atoms with van der Waals surface area (Å²) in [6.45, 7) is 3.92. The van der Waals surface area contributed by atoms with E-state index in [1.807, 2.05) is 19.9 Å². The monoisotopic (exact) mass is 527 g/mol. The lowest BCUT2D eigenvalue weighted by Crippen LogP contribution is -2.29. The number of benzene rings is 2. The Morgan fingerprint density at radius 1 is 1.27 bits per heavy atom. The van der Waals surface area contributed by atoms with E-state index in [1.54, 1.807) is 19.2 Å². The Bertz CT molecular complexity index is 934. The van der Waals surface area contributed by atoms with Crippen molar-refractivity contribution < 1.29 is 23.5 Å². The SMILES string of the molecule is COc1cc(C=NNC(=O)CCNC(=O)c2ccccc2F)cc(I)c1OC(C)C. The number of carbonyl (C=O) groups is 2. The Balaban J connectivity index is 1.86. The number of nitrogens with one attached hydrogen (secondary N) is 2. The van der Waals surface area contributed by atoms with Crippen LogP contribution in [0, 0.1) is 9.39 Å². The molecule has 0 heterocycles. The van der Waals surface area contributed by atoms with Gasteiger partial charge in [-0.05, 0) is 66.3 Å². The third-order valence-electron chi connectivity index (χ3n) is 3.76. The van der Waals surface area contributed by atoms with Crippen molar-refractivity contribution in [1.29, 1.82) is 0 Å². The highest BCUT2D eigenvalue weighted by Gasteiger charge is 2.13. The minimum Gasteiger partial charge on any atom is -0.493 e. The van der Waals surface area contributed by atoms with Crippen molar-refractivity contribution in [2.45, 2.75) is 26.4 Å². The normalized spacial score (nSPS) is 10.9. The highest BCUT2D eigenvalue weighted by molar-refractivity contribution is 14.1. The number of hydrogen-bond donors (Lipinski definition) is 2. The van der Waals surface area contributed by atoms with Crippen molar-refractivity contribution in [3.8, 4) is 11.5 Å². The lowest BCUT2D eigenvalue weighted by atomic mass is 10.2. The van der Waals surface area contributed by atoms with E-state index < -0.39 is 11.7 Å². The fourth-order valence-corrected chi connectivity index (χ4v) is 3.18. The molecule has 2 rings (SSSR count). The van der Waals surface area contributed by atoms with Crippen LogP contribution in [0.2, 0.25) is 0 Å². The van der Waals surface area contributed by atoms with Gasteiger partial charge in [-0.2, -0.15) is 5.10 Å². The van der Waals surface area contributed by atoms with Gasteiger partial charge in [0.05, 0.1) is 28.6 Å². The van der Waals surface area contributed by atoms with Crippen molar-refractivity contribution in [1.82, 2.24) is 10.7 Å². The fourth-order valence-electron chi connectivity index (χ4n) is 2.43. The first kappa shape index (κ1) is 23.6. The first-order valence-corrected chi connectivity index (χ1v) is 10.3. The molecule has 0 aliphatic carbocycles. The van der Waals surface area contributed by atoms with Crippen molar-refractivity contribution in [3.05, 3.63) is 56.9 Å². The number of amides is 2. The number of nitrogens with zero attached hydrogens (tertiary/aromatic N) is 1. The number of hydrogen-bond acceptors (Lipinski definition) is 5. The summed E-state index contributed by atoms with van der Waals surface area (Å²) in [6, 6.07) is 9.25. The Morgan fingerprint density at radius 2 is 2.00 bits per heavy atom. The second-order valence-corrected chi connectivity index (χ2v) is 7.64. The molecule has 2 aromatic rings. The number of ether oxygens (including phenoxy) is 2. The number of rotatable bonds is 9. The average Bonchev–Trinajstić information content (AvgIpc) is 2.69. The Kier molecular flexibility index (Phi) is 9.03. The molecule has 0 saturated heterocycles. The summed E-state index contributed by atoms with van der Waals surface area (Å²) < 4.78 is 25.5. The van der Waals surface area contributed by atoms with Gasteiger partial charge in [0.1, 0.15) is 5.82 Å². The molecular formula is C21H23FIN3O4. The molecule has 0 fully saturated rings. The summed E-state index contributed by atoms with van der Waals surface area (Å²) in [5, 5.41) is 6.42. The van der Waals surface area contributed by atoms with E-state index in [1.165, 1.54) is 24.4 Å². The summed E-state index contributed by atoms with van der Waals surface area (Å²) in [5.41, 5.74) is 3.05. The van der Waals surface area contributed by atoms with Gasteiger partial charge in [0.15, 0.2) is 11.5 Å². The second-order valence-electron chi connectivity index (χ2n) is 6.48. The van der Waals surface area contributed by atoms with Crippen LogP contribution < -0.4 is 20.2 Å². The molecular weight excluding hydrogens is 504 g/mol. The summed E-state index contributed by atoms with van der Waals surface area (Å²) in [7, 11) is 1.55. The number of hydrazone groups is 1. The van der Waals surface area contributed by atoms with Gasteiger partial charge in [-0.25, -0.2) is 9.82 Å². The van der Waals surface area contributed by atoms with E-state index in [9.17, 15) is 14.0 Å². The van der Waals surface area contributed by atoms with Crippen LogP contribution in [0.1, 0.15) is 36.2 Å². The minimum atomic E-state index is -0.612. The quantitative estimate of drug-likeness (QED) is 0.297. The Labute approximate surface area is 188 Å². The second kappa shape index (κ2) is 11.5. The van der Waals surface area contributed by atoms with E-state index in [2.05, 4.69) is 38.4 Å². The predicted molar refractivity (Wildman–Crippen MR) is 121 cm³/mol. The average molecular weight is 527 g/mol. The van der Waals surface area contributed by atoms with Gasteiger partial charge in [-0.3, -0.25) is 9.59 Å². The molecule has 0 aliphatic rings. The largest absolute Gasteiger partial charge is 0.493 e. The highest BCUT2D eigenvalue weighted by Crippen LogP contribution is 2.34. The van der Waals surface area contributed by atoms with Crippen molar-refractivity contribution in [3.63, 3.8) is 0 Å². The number of halogens is 2. The summed E-state index contributed by atoms with van der Waals surface area (Å²) in [6.07, 6.45) is 1.49. The topological polar surface area (TPSA) is 89.0 Å². The molecule has 2 N–H and O–H groups in total. The molecule has 160 valence electrons. The molecule has 2 aromatic carbocycles. The van der Waals surface area contributed by atoms with Gasteiger partial charge in [0, 0.05) is 13.0 Å². The predicted octanol–water partition coefficient (Wildman–Crippen LogP) is 3.50. The first-order valence-electron chi connectivity index (χ1n) is 9.20. The van der Waals surface area contributed by atoms with Crippen LogP contribution in [0.15, 0.2) is 41.5 Å². The van der Waals surface area contributed by atoms with Crippen LogP contribution in [0.5, 0.6) is 11.5 Å². The van der Waals surface area contributed by atoms with Crippen LogP contribution in [0.4, 0.5) is 4.39 Å². The van der Waals surface area contributed by atoms with Crippen LogP contribution in [0.3, 0.4) is 0 Å².